The first-order valence-corrected chi connectivity index (χ1v) is 9.15. The van der Waals surface area contributed by atoms with Crippen molar-refractivity contribution in [2.24, 2.45) is 0 Å². The molecule has 3 heterocycles. The van der Waals surface area contributed by atoms with E-state index >= 15 is 0 Å². The van der Waals surface area contributed by atoms with Gasteiger partial charge in [0, 0.05) is 6.42 Å². The number of hydrogen-bond acceptors (Lipinski definition) is 4. The third kappa shape index (κ3) is 3.05. The van der Waals surface area contributed by atoms with Gasteiger partial charge < -0.3 is 9.32 Å². The van der Waals surface area contributed by atoms with E-state index in [1.54, 1.807) is 11.3 Å². The molecule has 1 aromatic carbocycles. The van der Waals surface area contributed by atoms with Crippen LogP contribution in [0.3, 0.4) is 0 Å². The lowest BCUT2D eigenvalue weighted by Gasteiger charge is -2.27. The van der Waals surface area contributed by atoms with Gasteiger partial charge in [-0.3, -0.25) is 0 Å². The maximum Gasteiger partial charge on any atom is 0.274 e. The summed E-state index contributed by atoms with van der Waals surface area (Å²) in [6.07, 6.45) is 3.43. The number of nitrogens with one attached hydrogen (secondary N) is 1. The van der Waals surface area contributed by atoms with Gasteiger partial charge in [0.2, 0.25) is 0 Å². The molecular formula is C19H20N3OS+. The molecule has 4 nitrogen and oxygen atoms in total. The lowest BCUT2D eigenvalue weighted by atomic mass is 9.99. The molecule has 24 heavy (non-hydrogen) atoms. The molecule has 5 heteroatoms. The summed E-state index contributed by atoms with van der Waals surface area (Å²) >= 11 is 1.62. The quantitative estimate of drug-likeness (QED) is 0.794. The van der Waals surface area contributed by atoms with Gasteiger partial charge in [0.15, 0.2) is 6.04 Å². The number of quaternary nitrogens is 1. The van der Waals surface area contributed by atoms with E-state index in [0.29, 0.717) is 5.89 Å². The summed E-state index contributed by atoms with van der Waals surface area (Å²) in [4.78, 5) is 2.50. The van der Waals surface area contributed by atoms with Crippen molar-refractivity contribution in [2.75, 3.05) is 13.1 Å². The lowest BCUT2D eigenvalue weighted by Crippen LogP contribution is -3.12. The molecule has 0 bridgehead atoms. The van der Waals surface area contributed by atoms with Gasteiger partial charge in [-0.25, -0.2) is 0 Å². The highest BCUT2D eigenvalue weighted by Crippen LogP contribution is 2.24. The third-order valence-corrected chi connectivity index (χ3v) is 5.48. The average Bonchev–Trinajstić information content (AvgIpc) is 3.33. The van der Waals surface area contributed by atoms with Gasteiger partial charge in [-0.05, 0) is 35.6 Å². The van der Waals surface area contributed by atoms with E-state index < -0.39 is 0 Å². The van der Waals surface area contributed by atoms with E-state index in [2.05, 4.69) is 53.5 Å². The van der Waals surface area contributed by atoms with Crippen molar-refractivity contribution in [3.05, 3.63) is 65.4 Å². The molecule has 1 aliphatic rings. The fraction of sp³-hybridized carbons (Fsp3) is 0.263. The molecule has 0 amide bonds. The second-order valence-electron chi connectivity index (χ2n) is 6.10. The standard InChI is InChI=1S/C19H19N3OS/c1-14(18-20-21-19(23-18)17-8-5-13-24-17)22-11-9-16(10-12-22)15-6-3-2-4-7-15/h2-9,13-14H,10-12H2,1H3/p+1/t14-/m1/s1. The Morgan fingerprint density at radius 1 is 1.12 bits per heavy atom. The molecule has 2 aromatic heterocycles. The molecule has 1 unspecified atom stereocenters. The maximum absolute atomic E-state index is 5.90. The molecule has 122 valence electrons. The minimum absolute atomic E-state index is 0.208. The Kier molecular flexibility index (Phi) is 4.28. The molecule has 0 radical (unpaired) electrons. The van der Waals surface area contributed by atoms with Crippen LogP contribution in [0.5, 0.6) is 0 Å². The van der Waals surface area contributed by atoms with Crippen molar-refractivity contribution in [2.45, 2.75) is 19.4 Å². The smallest absolute Gasteiger partial charge is 0.274 e. The minimum atomic E-state index is 0.208. The highest BCUT2D eigenvalue weighted by Gasteiger charge is 2.27. The fourth-order valence-corrected chi connectivity index (χ4v) is 3.79. The normalized spacial score (nSPS) is 19.0. The first-order valence-electron chi connectivity index (χ1n) is 8.27. The minimum Gasteiger partial charge on any atom is -0.414 e. The van der Waals surface area contributed by atoms with Crippen LogP contribution in [0.25, 0.3) is 16.3 Å². The SMILES string of the molecule is C[C@H](c1nnc(-c2cccs2)o1)[NH+]1CC=C(c2ccccc2)CC1. The Balaban J connectivity index is 1.46. The van der Waals surface area contributed by atoms with Gasteiger partial charge in [-0.15, -0.1) is 21.5 Å². The first kappa shape index (κ1) is 15.3. The highest BCUT2D eigenvalue weighted by atomic mass is 32.1. The van der Waals surface area contributed by atoms with Crippen LogP contribution in [0, 0.1) is 0 Å². The molecule has 2 atom stereocenters. The molecule has 4 rings (SSSR count). The zero-order valence-electron chi connectivity index (χ0n) is 13.6. The summed E-state index contributed by atoms with van der Waals surface area (Å²) in [6, 6.07) is 14.9. The summed E-state index contributed by atoms with van der Waals surface area (Å²) in [7, 11) is 0. The Labute approximate surface area is 145 Å². The topological polar surface area (TPSA) is 43.4 Å². The molecule has 3 aromatic rings. The fourth-order valence-electron chi connectivity index (χ4n) is 3.15. The molecule has 0 spiro atoms. The second kappa shape index (κ2) is 6.71. The summed E-state index contributed by atoms with van der Waals surface area (Å²) < 4.78 is 5.90. The largest absolute Gasteiger partial charge is 0.414 e. The second-order valence-corrected chi connectivity index (χ2v) is 7.05. The van der Waals surface area contributed by atoms with E-state index in [1.165, 1.54) is 16.0 Å². The summed E-state index contributed by atoms with van der Waals surface area (Å²) in [5, 5.41) is 10.5. The van der Waals surface area contributed by atoms with Crippen molar-refractivity contribution in [3.8, 4) is 10.8 Å². The predicted molar refractivity (Wildman–Crippen MR) is 95.8 cm³/mol. The van der Waals surface area contributed by atoms with Crippen molar-refractivity contribution >= 4 is 16.9 Å². The van der Waals surface area contributed by atoms with Crippen LogP contribution in [-0.2, 0) is 0 Å². The van der Waals surface area contributed by atoms with Crippen LogP contribution in [0.4, 0.5) is 0 Å². The van der Waals surface area contributed by atoms with Crippen LogP contribution in [-0.4, -0.2) is 23.3 Å². The van der Waals surface area contributed by atoms with Crippen LogP contribution in [0.15, 0.2) is 58.3 Å². The van der Waals surface area contributed by atoms with Crippen LogP contribution >= 0.6 is 11.3 Å². The van der Waals surface area contributed by atoms with Crippen LogP contribution < -0.4 is 4.90 Å². The van der Waals surface area contributed by atoms with Crippen molar-refractivity contribution in [1.29, 1.82) is 0 Å². The van der Waals surface area contributed by atoms with Gasteiger partial charge in [0.1, 0.15) is 0 Å². The first-order chi connectivity index (χ1) is 11.8. The van der Waals surface area contributed by atoms with Gasteiger partial charge in [0.05, 0.1) is 18.0 Å². The van der Waals surface area contributed by atoms with Crippen molar-refractivity contribution in [3.63, 3.8) is 0 Å². The van der Waals surface area contributed by atoms with Crippen LogP contribution in [0.1, 0.15) is 30.8 Å². The Morgan fingerprint density at radius 3 is 2.71 bits per heavy atom. The van der Waals surface area contributed by atoms with E-state index in [0.717, 1.165) is 30.3 Å². The number of benzene rings is 1. The zero-order chi connectivity index (χ0) is 16.4. The molecule has 0 saturated carbocycles. The molecule has 0 saturated heterocycles. The summed E-state index contributed by atoms with van der Waals surface area (Å²) in [6.45, 7) is 4.24. The van der Waals surface area contributed by atoms with E-state index in [1.807, 2.05) is 17.5 Å². The number of aromatic nitrogens is 2. The van der Waals surface area contributed by atoms with Gasteiger partial charge in [0.25, 0.3) is 11.8 Å². The molecular weight excluding hydrogens is 318 g/mol. The zero-order valence-corrected chi connectivity index (χ0v) is 14.4. The molecule has 1 aliphatic heterocycles. The third-order valence-electron chi connectivity index (χ3n) is 4.63. The van der Waals surface area contributed by atoms with E-state index in [4.69, 9.17) is 4.42 Å². The number of hydrogen-bond donors (Lipinski definition) is 1. The number of thiophene rings is 1. The summed E-state index contributed by atoms with van der Waals surface area (Å²) in [5.41, 5.74) is 2.78. The Morgan fingerprint density at radius 2 is 2.00 bits per heavy atom. The maximum atomic E-state index is 5.90. The van der Waals surface area contributed by atoms with Gasteiger partial charge in [-0.1, -0.05) is 36.4 Å². The predicted octanol–water partition coefficient (Wildman–Crippen LogP) is 3.23. The monoisotopic (exact) mass is 338 g/mol. The van der Waals surface area contributed by atoms with Crippen molar-refractivity contribution in [1.82, 2.24) is 10.2 Å². The van der Waals surface area contributed by atoms with Gasteiger partial charge >= 0.3 is 0 Å². The van der Waals surface area contributed by atoms with Gasteiger partial charge in [-0.2, -0.15) is 0 Å². The highest BCUT2D eigenvalue weighted by molar-refractivity contribution is 7.13. The number of rotatable bonds is 4. The van der Waals surface area contributed by atoms with E-state index in [9.17, 15) is 0 Å². The van der Waals surface area contributed by atoms with Crippen molar-refractivity contribution < 1.29 is 9.32 Å². The van der Waals surface area contributed by atoms with Crippen LogP contribution in [0.2, 0.25) is 0 Å². The Bertz CT molecular complexity index is 823. The Hall–Kier alpha value is -2.24. The lowest BCUT2D eigenvalue weighted by molar-refractivity contribution is -0.926. The molecule has 0 aliphatic carbocycles. The molecule has 1 N–H and O–H groups in total. The summed E-state index contributed by atoms with van der Waals surface area (Å²) in [5.74, 6) is 1.36. The molecule has 0 fully saturated rings. The number of nitrogens with zero attached hydrogens (tertiary/aromatic N) is 2. The van der Waals surface area contributed by atoms with E-state index in [-0.39, 0.29) is 6.04 Å². The average molecular weight is 338 g/mol.